The fourth-order valence-electron chi connectivity index (χ4n) is 1.47. The third kappa shape index (κ3) is 1.17. The Morgan fingerprint density at radius 3 is 3.07 bits per heavy atom. The molecule has 74 valence electrons. The van der Waals surface area contributed by atoms with Gasteiger partial charge in [0.1, 0.15) is 0 Å². The number of hydrogen-bond acceptors (Lipinski definition) is 4. The Kier molecular flexibility index (Phi) is 1.53. The summed E-state index contributed by atoms with van der Waals surface area (Å²) in [6.07, 6.45) is 1.32. The fraction of sp³-hybridized carbons (Fsp3) is 0. The van der Waals surface area contributed by atoms with E-state index in [0.717, 1.165) is 5.69 Å². The molecule has 5 heteroatoms. The number of aromatic amines is 1. The Hall–Kier alpha value is -2.30. The van der Waals surface area contributed by atoms with E-state index in [-0.39, 0.29) is 5.56 Å². The van der Waals surface area contributed by atoms with Crippen LogP contribution in [0.1, 0.15) is 0 Å². The number of H-pyrrole nitrogens is 1. The van der Waals surface area contributed by atoms with Crippen molar-refractivity contribution in [2.24, 2.45) is 0 Å². The van der Waals surface area contributed by atoms with Gasteiger partial charge in [-0.15, -0.1) is 0 Å². The number of aromatic nitrogens is 2. The Morgan fingerprint density at radius 2 is 2.13 bits per heavy atom. The number of ether oxygens (including phenoxy) is 1. The van der Waals surface area contributed by atoms with Gasteiger partial charge in [0.2, 0.25) is 0 Å². The Labute approximate surface area is 84.7 Å². The summed E-state index contributed by atoms with van der Waals surface area (Å²) in [6, 6.07) is 7.38. The van der Waals surface area contributed by atoms with Gasteiger partial charge in [-0.1, -0.05) is 12.1 Å². The minimum absolute atomic E-state index is 0.241. The highest BCUT2D eigenvalue weighted by Gasteiger charge is 2.19. The normalized spacial score (nSPS) is 12.0. The minimum Gasteiger partial charge on any atom is -0.435 e. The third-order valence-corrected chi connectivity index (χ3v) is 2.17. The van der Waals surface area contributed by atoms with Crippen molar-refractivity contribution < 1.29 is 4.74 Å². The van der Waals surface area contributed by atoms with Crippen molar-refractivity contribution in [2.75, 3.05) is 5.32 Å². The van der Waals surface area contributed by atoms with Gasteiger partial charge in [-0.05, 0) is 12.1 Å². The summed E-state index contributed by atoms with van der Waals surface area (Å²) in [5.41, 5.74) is 0.870. The lowest BCUT2D eigenvalue weighted by atomic mass is 10.2. The zero-order valence-electron chi connectivity index (χ0n) is 7.65. The number of nitrogens with zero attached hydrogens (tertiary/aromatic N) is 1. The molecule has 15 heavy (non-hydrogen) atoms. The summed E-state index contributed by atoms with van der Waals surface area (Å²) in [5.74, 6) is 0.973. The fourth-order valence-corrected chi connectivity index (χ4v) is 1.47. The molecule has 0 saturated heterocycles. The molecule has 1 aliphatic rings. The van der Waals surface area contributed by atoms with Crippen molar-refractivity contribution in [3.63, 3.8) is 0 Å². The predicted octanol–water partition coefficient (Wildman–Crippen LogP) is 1.62. The first-order chi connectivity index (χ1) is 7.34. The monoisotopic (exact) mass is 201 g/mol. The van der Waals surface area contributed by atoms with Gasteiger partial charge in [-0.25, -0.2) is 4.98 Å². The lowest BCUT2D eigenvalue weighted by molar-refractivity contribution is 0.459. The molecule has 1 aromatic carbocycles. The molecular weight excluding hydrogens is 194 g/mol. The van der Waals surface area contributed by atoms with Crippen molar-refractivity contribution in [1.82, 2.24) is 9.97 Å². The van der Waals surface area contributed by atoms with Crippen molar-refractivity contribution in [3.05, 3.63) is 40.9 Å². The Bertz CT molecular complexity index is 577. The molecule has 0 aliphatic carbocycles. The van der Waals surface area contributed by atoms with Crippen LogP contribution < -0.4 is 15.6 Å². The Morgan fingerprint density at radius 1 is 1.27 bits per heavy atom. The van der Waals surface area contributed by atoms with E-state index < -0.39 is 0 Å². The van der Waals surface area contributed by atoms with E-state index in [2.05, 4.69) is 15.3 Å². The quantitative estimate of drug-likeness (QED) is 0.580. The van der Waals surface area contributed by atoms with E-state index in [9.17, 15) is 4.79 Å². The molecule has 1 aromatic heterocycles. The molecule has 2 heterocycles. The summed E-state index contributed by atoms with van der Waals surface area (Å²) >= 11 is 0. The molecule has 1 aliphatic heterocycles. The average molecular weight is 201 g/mol. The van der Waals surface area contributed by atoms with Crippen molar-refractivity contribution >= 4 is 11.4 Å². The maximum atomic E-state index is 11.4. The zero-order valence-corrected chi connectivity index (χ0v) is 7.65. The molecule has 0 radical (unpaired) electrons. The van der Waals surface area contributed by atoms with E-state index in [4.69, 9.17) is 4.74 Å². The second-order valence-corrected chi connectivity index (χ2v) is 3.14. The standard InChI is InChI=1S/C10H7N3O2/c14-9-8-10(12-5-11-9)15-7-4-2-1-3-6(7)13-8/h1-5,13H,(H,11,12,14). The second-order valence-electron chi connectivity index (χ2n) is 3.14. The Balaban J connectivity index is 2.19. The maximum Gasteiger partial charge on any atom is 0.278 e. The van der Waals surface area contributed by atoms with Gasteiger partial charge >= 0.3 is 0 Å². The van der Waals surface area contributed by atoms with Gasteiger partial charge in [0.25, 0.3) is 11.4 Å². The van der Waals surface area contributed by atoms with Crippen LogP contribution >= 0.6 is 0 Å². The highest BCUT2D eigenvalue weighted by Crippen LogP contribution is 2.37. The second kappa shape index (κ2) is 2.84. The SMILES string of the molecule is O=c1[nH]cnc2c1Nc1ccccc1O2. The first kappa shape index (κ1) is 8.05. The van der Waals surface area contributed by atoms with Gasteiger partial charge in [0.05, 0.1) is 12.0 Å². The average Bonchev–Trinajstić information content (AvgIpc) is 2.27. The topological polar surface area (TPSA) is 67.0 Å². The molecule has 3 rings (SSSR count). The van der Waals surface area contributed by atoms with Gasteiger partial charge < -0.3 is 15.0 Å². The van der Waals surface area contributed by atoms with Crippen LogP contribution in [0.2, 0.25) is 0 Å². The summed E-state index contributed by atoms with van der Waals surface area (Å²) in [6.45, 7) is 0. The summed E-state index contributed by atoms with van der Waals surface area (Å²) < 4.78 is 5.46. The van der Waals surface area contributed by atoms with E-state index in [1.54, 1.807) is 0 Å². The molecule has 0 atom stereocenters. The number of para-hydroxylation sites is 2. The number of anilines is 2. The van der Waals surface area contributed by atoms with E-state index in [1.807, 2.05) is 24.3 Å². The van der Waals surface area contributed by atoms with Gasteiger partial charge in [0, 0.05) is 0 Å². The first-order valence-corrected chi connectivity index (χ1v) is 4.46. The molecule has 0 fully saturated rings. The molecule has 0 unspecified atom stereocenters. The number of fused-ring (bicyclic) bond motifs is 2. The van der Waals surface area contributed by atoms with Crippen LogP contribution in [0, 0.1) is 0 Å². The van der Waals surface area contributed by atoms with Crippen LogP contribution in [-0.2, 0) is 0 Å². The van der Waals surface area contributed by atoms with E-state index in [1.165, 1.54) is 6.33 Å². The van der Waals surface area contributed by atoms with E-state index >= 15 is 0 Å². The van der Waals surface area contributed by atoms with Gasteiger partial charge in [-0.3, -0.25) is 4.79 Å². The summed E-state index contributed by atoms with van der Waals surface area (Å²) in [7, 11) is 0. The van der Waals surface area contributed by atoms with Crippen LogP contribution in [0.4, 0.5) is 11.4 Å². The van der Waals surface area contributed by atoms with Crippen LogP contribution in [0.5, 0.6) is 11.6 Å². The molecule has 0 saturated carbocycles. The molecule has 0 bridgehead atoms. The smallest absolute Gasteiger partial charge is 0.278 e. The van der Waals surface area contributed by atoms with Crippen molar-refractivity contribution in [1.29, 1.82) is 0 Å². The summed E-state index contributed by atoms with van der Waals surface area (Å²) in [5, 5.41) is 2.98. The van der Waals surface area contributed by atoms with Gasteiger partial charge in [0.15, 0.2) is 11.4 Å². The van der Waals surface area contributed by atoms with Crippen LogP contribution in [-0.4, -0.2) is 9.97 Å². The van der Waals surface area contributed by atoms with Crippen LogP contribution in [0.3, 0.4) is 0 Å². The molecule has 2 aromatic rings. The van der Waals surface area contributed by atoms with E-state index in [0.29, 0.717) is 17.3 Å². The highest BCUT2D eigenvalue weighted by molar-refractivity contribution is 5.72. The number of rotatable bonds is 0. The molecule has 5 nitrogen and oxygen atoms in total. The predicted molar refractivity (Wildman–Crippen MR) is 54.7 cm³/mol. The summed E-state index contributed by atoms with van der Waals surface area (Å²) in [4.78, 5) is 17.9. The molecule has 0 spiro atoms. The van der Waals surface area contributed by atoms with Gasteiger partial charge in [-0.2, -0.15) is 0 Å². The number of nitrogens with one attached hydrogen (secondary N) is 2. The maximum absolute atomic E-state index is 11.4. The highest BCUT2D eigenvalue weighted by atomic mass is 16.5. The number of benzene rings is 1. The molecular formula is C10H7N3O2. The van der Waals surface area contributed by atoms with Crippen molar-refractivity contribution in [2.45, 2.75) is 0 Å². The molecule has 0 amide bonds. The molecule has 2 N–H and O–H groups in total. The zero-order chi connectivity index (χ0) is 10.3. The van der Waals surface area contributed by atoms with Crippen LogP contribution in [0.25, 0.3) is 0 Å². The first-order valence-electron chi connectivity index (χ1n) is 4.46. The lowest BCUT2D eigenvalue weighted by Gasteiger charge is -2.18. The largest absolute Gasteiger partial charge is 0.435 e. The van der Waals surface area contributed by atoms with Crippen molar-refractivity contribution in [3.8, 4) is 11.6 Å². The lowest BCUT2D eigenvalue weighted by Crippen LogP contribution is -2.16. The van der Waals surface area contributed by atoms with Crippen LogP contribution in [0.15, 0.2) is 35.4 Å². The number of hydrogen-bond donors (Lipinski definition) is 2. The third-order valence-electron chi connectivity index (χ3n) is 2.17. The minimum atomic E-state index is -0.241.